The van der Waals surface area contributed by atoms with E-state index in [1.807, 2.05) is 6.92 Å². The molecule has 0 N–H and O–H groups in total. The van der Waals surface area contributed by atoms with Crippen LogP contribution in [0.25, 0.3) is 0 Å². The van der Waals surface area contributed by atoms with Crippen molar-refractivity contribution >= 4 is 5.78 Å². The molecule has 2 saturated carbocycles. The zero-order valence-corrected chi connectivity index (χ0v) is 18.0. The predicted octanol–water partition coefficient (Wildman–Crippen LogP) is 5.10. The van der Waals surface area contributed by atoms with E-state index in [0.29, 0.717) is 29.0 Å². The first-order chi connectivity index (χ1) is 13.5. The fraction of sp³-hybridized carbons (Fsp3) is 0.792. The van der Waals surface area contributed by atoms with E-state index in [1.54, 1.807) is 0 Å². The lowest BCUT2D eigenvalue weighted by atomic mass is 9.54. The number of aromatic nitrogens is 2. The molecule has 154 valence electrons. The molecule has 2 heterocycles. The first-order valence-electron chi connectivity index (χ1n) is 11.6. The Hall–Kier alpha value is -1.29. The van der Waals surface area contributed by atoms with E-state index in [9.17, 15) is 4.79 Å². The highest BCUT2D eigenvalue weighted by Gasteiger charge is 2.48. The van der Waals surface area contributed by atoms with Gasteiger partial charge in [0, 0.05) is 36.7 Å². The monoisotopic (exact) mass is 383 g/mol. The van der Waals surface area contributed by atoms with E-state index >= 15 is 0 Å². The summed E-state index contributed by atoms with van der Waals surface area (Å²) in [6.07, 6.45) is 15.1. The van der Waals surface area contributed by atoms with Crippen LogP contribution < -0.4 is 0 Å². The normalized spacial score (nSPS) is 31.9. The zero-order chi connectivity index (χ0) is 19.7. The summed E-state index contributed by atoms with van der Waals surface area (Å²) in [5, 5.41) is 0. The summed E-state index contributed by atoms with van der Waals surface area (Å²) in [5.74, 6) is 2.87. The molecular weight excluding hydrogens is 346 g/mol. The van der Waals surface area contributed by atoms with Crippen molar-refractivity contribution in [3.63, 3.8) is 0 Å². The van der Waals surface area contributed by atoms with Gasteiger partial charge in [0.1, 0.15) is 11.6 Å². The fourth-order valence-electron chi connectivity index (χ4n) is 5.95. The summed E-state index contributed by atoms with van der Waals surface area (Å²) in [5.41, 5.74) is 1.85. The largest absolute Gasteiger partial charge is 0.300 e. The van der Waals surface area contributed by atoms with Gasteiger partial charge in [0.2, 0.25) is 0 Å². The van der Waals surface area contributed by atoms with Crippen LogP contribution in [0.2, 0.25) is 0 Å². The van der Waals surface area contributed by atoms with Gasteiger partial charge >= 0.3 is 0 Å². The van der Waals surface area contributed by atoms with Crippen molar-refractivity contribution in [2.45, 2.75) is 96.4 Å². The van der Waals surface area contributed by atoms with Crippen LogP contribution in [0.15, 0.2) is 12.4 Å². The molecule has 0 atom stereocenters. The molecule has 4 rings (SSSR count). The highest BCUT2D eigenvalue weighted by atomic mass is 16.1. The quantitative estimate of drug-likeness (QED) is 0.710. The molecule has 0 aromatic carbocycles. The van der Waals surface area contributed by atoms with Gasteiger partial charge in [0.25, 0.3) is 0 Å². The number of nitrogens with zero attached hydrogens (tertiary/aromatic N) is 3. The lowest BCUT2D eigenvalue weighted by Gasteiger charge is -2.53. The summed E-state index contributed by atoms with van der Waals surface area (Å²) in [6.45, 7) is 8.73. The molecule has 1 spiro atoms. The third-order valence-electron chi connectivity index (χ3n) is 7.90. The highest BCUT2D eigenvalue weighted by molar-refractivity contribution is 5.81. The maximum absolute atomic E-state index is 11.9. The molecule has 0 unspecified atom stereocenters. The van der Waals surface area contributed by atoms with Crippen molar-refractivity contribution in [2.24, 2.45) is 11.3 Å². The van der Waals surface area contributed by atoms with Crippen LogP contribution in [-0.4, -0.2) is 39.8 Å². The van der Waals surface area contributed by atoms with E-state index in [-0.39, 0.29) is 0 Å². The van der Waals surface area contributed by atoms with E-state index in [1.165, 1.54) is 70.0 Å². The van der Waals surface area contributed by atoms with Crippen molar-refractivity contribution in [3.8, 4) is 0 Å². The number of hydrogen-bond acceptors (Lipinski definition) is 4. The lowest BCUT2D eigenvalue weighted by Crippen LogP contribution is -2.49. The average Bonchev–Trinajstić information content (AvgIpc) is 2.72. The SMILES string of the molecule is CCC(=O)C1CC2(CCC(N3CCC(c4cnc(C(C)C)nc4)CC3)CC2)C1. The first kappa shape index (κ1) is 20.0. The van der Waals surface area contributed by atoms with Gasteiger partial charge in [0.05, 0.1) is 0 Å². The van der Waals surface area contributed by atoms with Crippen LogP contribution in [0.3, 0.4) is 0 Å². The smallest absolute Gasteiger partial charge is 0.135 e. The molecule has 3 fully saturated rings. The maximum Gasteiger partial charge on any atom is 0.135 e. The van der Waals surface area contributed by atoms with Crippen LogP contribution in [0, 0.1) is 11.3 Å². The second-order valence-corrected chi connectivity index (χ2v) is 10.00. The van der Waals surface area contributed by atoms with Crippen LogP contribution in [0.4, 0.5) is 0 Å². The van der Waals surface area contributed by atoms with Gasteiger partial charge in [-0.15, -0.1) is 0 Å². The Morgan fingerprint density at radius 2 is 1.71 bits per heavy atom. The second-order valence-electron chi connectivity index (χ2n) is 10.00. The summed E-state index contributed by atoms with van der Waals surface area (Å²) >= 11 is 0. The highest BCUT2D eigenvalue weighted by Crippen LogP contribution is 2.55. The Bertz CT molecular complexity index is 660. The number of likely N-dealkylation sites (tertiary alicyclic amines) is 1. The van der Waals surface area contributed by atoms with Gasteiger partial charge in [-0.2, -0.15) is 0 Å². The van der Waals surface area contributed by atoms with E-state index in [0.717, 1.165) is 18.3 Å². The lowest BCUT2D eigenvalue weighted by molar-refractivity contribution is -0.132. The van der Waals surface area contributed by atoms with Crippen molar-refractivity contribution in [1.29, 1.82) is 0 Å². The number of rotatable bonds is 5. The number of carbonyl (C=O) groups excluding carboxylic acids is 1. The Labute approximate surface area is 170 Å². The number of Topliss-reactive ketones (excluding diaryl/α,β-unsaturated/α-hetero) is 1. The van der Waals surface area contributed by atoms with Gasteiger partial charge < -0.3 is 4.90 Å². The summed E-state index contributed by atoms with van der Waals surface area (Å²) < 4.78 is 0. The summed E-state index contributed by atoms with van der Waals surface area (Å²) in [6, 6.07) is 0.770. The predicted molar refractivity (Wildman–Crippen MR) is 112 cm³/mol. The molecule has 4 heteroatoms. The van der Waals surface area contributed by atoms with Crippen LogP contribution in [0.1, 0.15) is 102 Å². The fourth-order valence-corrected chi connectivity index (χ4v) is 5.95. The molecule has 1 saturated heterocycles. The summed E-state index contributed by atoms with van der Waals surface area (Å²) in [4.78, 5) is 23.8. The molecule has 4 nitrogen and oxygen atoms in total. The van der Waals surface area contributed by atoms with Crippen molar-refractivity contribution in [3.05, 3.63) is 23.8 Å². The third kappa shape index (κ3) is 4.03. The molecule has 0 amide bonds. The molecule has 2 aliphatic carbocycles. The van der Waals surface area contributed by atoms with Gasteiger partial charge in [-0.05, 0) is 81.4 Å². The molecule has 28 heavy (non-hydrogen) atoms. The number of piperidine rings is 1. The third-order valence-corrected chi connectivity index (χ3v) is 7.90. The zero-order valence-electron chi connectivity index (χ0n) is 18.0. The minimum atomic E-state index is 0.390. The Morgan fingerprint density at radius 1 is 1.11 bits per heavy atom. The van der Waals surface area contributed by atoms with Crippen LogP contribution in [0.5, 0.6) is 0 Å². The van der Waals surface area contributed by atoms with Crippen molar-refractivity contribution in [1.82, 2.24) is 14.9 Å². The van der Waals surface area contributed by atoms with E-state index < -0.39 is 0 Å². The molecule has 0 bridgehead atoms. The van der Waals surface area contributed by atoms with Crippen LogP contribution >= 0.6 is 0 Å². The number of hydrogen-bond donors (Lipinski definition) is 0. The van der Waals surface area contributed by atoms with Crippen molar-refractivity contribution < 1.29 is 4.79 Å². The molecule has 3 aliphatic rings. The molecular formula is C24H37N3O. The van der Waals surface area contributed by atoms with Crippen molar-refractivity contribution in [2.75, 3.05) is 13.1 Å². The van der Waals surface area contributed by atoms with E-state index in [2.05, 4.69) is 41.1 Å². The Balaban J connectivity index is 1.23. The number of carbonyl (C=O) groups is 1. The van der Waals surface area contributed by atoms with Gasteiger partial charge in [-0.3, -0.25) is 4.79 Å². The Kier molecular flexibility index (Phi) is 5.87. The molecule has 1 aromatic rings. The standard InChI is InChI=1S/C24H37N3O/c1-4-22(28)19-13-24(14-19)9-5-21(6-10-24)27-11-7-18(8-12-27)20-15-25-23(17(2)3)26-16-20/h15-19,21H,4-14H2,1-3H3. The number of ketones is 1. The molecule has 0 radical (unpaired) electrons. The topological polar surface area (TPSA) is 46.1 Å². The van der Waals surface area contributed by atoms with Gasteiger partial charge in [-0.25, -0.2) is 9.97 Å². The molecule has 1 aliphatic heterocycles. The molecule has 1 aromatic heterocycles. The first-order valence-corrected chi connectivity index (χ1v) is 11.6. The van der Waals surface area contributed by atoms with Gasteiger partial charge in [-0.1, -0.05) is 20.8 Å². The second kappa shape index (κ2) is 8.22. The maximum atomic E-state index is 11.9. The average molecular weight is 384 g/mol. The summed E-state index contributed by atoms with van der Waals surface area (Å²) in [7, 11) is 0. The van der Waals surface area contributed by atoms with Gasteiger partial charge in [0.15, 0.2) is 0 Å². The Morgan fingerprint density at radius 3 is 2.25 bits per heavy atom. The minimum absolute atomic E-state index is 0.390. The van der Waals surface area contributed by atoms with E-state index in [4.69, 9.17) is 0 Å². The van der Waals surface area contributed by atoms with Crippen LogP contribution in [-0.2, 0) is 4.79 Å². The minimum Gasteiger partial charge on any atom is -0.300 e.